The number of carboxylic acids is 1. The van der Waals surface area contributed by atoms with Crippen LogP contribution in [0.25, 0.3) is 0 Å². The van der Waals surface area contributed by atoms with Crippen LogP contribution in [0.15, 0.2) is 18.2 Å². The van der Waals surface area contributed by atoms with Crippen molar-refractivity contribution in [3.63, 3.8) is 0 Å². The third-order valence-electron chi connectivity index (χ3n) is 3.55. The van der Waals surface area contributed by atoms with Crippen LogP contribution in [0, 0.1) is 17.6 Å². The van der Waals surface area contributed by atoms with E-state index in [2.05, 4.69) is 5.32 Å². The van der Waals surface area contributed by atoms with E-state index in [4.69, 9.17) is 9.84 Å². The molecule has 0 radical (unpaired) electrons. The third kappa shape index (κ3) is 4.41. The highest BCUT2D eigenvalue weighted by Gasteiger charge is 2.34. The van der Waals surface area contributed by atoms with Gasteiger partial charge < -0.3 is 15.2 Å². The quantitative estimate of drug-likeness (QED) is 0.756. The van der Waals surface area contributed by atoms with E-state index < -0.39 is 17.6 Å². The van der Waals surface area contributed by atoms with Gasteiger partial charge in [-0.05, 0) is 31.4 Å². The lowest BCUT2D eigenvalue weighted by molar-refractivity contribution is -0.146. The third-order valence-corrected chi connectivity index (χ3v) is 3.55. The van der Waals surface area contributed by atoms with Gasteiger partial charge in [0.05, 0.1) is 12.5 Å². The van der Waals surface area contributed by atoms with Crippen LogP contribution in [-0.4, -0.2) is 29.6 Å². The number of hydrogen-bond acceptors (Lipinski definition) is 3. The summed E-state index contributed by atoms with van der Waals surface area (Å²) >= 11 is 0. The Kier molecular flexibility index (Phi) is 5.30. The fourth-order valence-corrected chi connectivity index (χ4v) is 2.24. The van der Waals surface area contributed by atoms with Gasteiger partial charge >= 0.3 is 5.97 Å². The zero-order chi connectivity index (χ0) is 16.1. The van der Waals surface area contributed by atoms with Crippen LogP contribution in [0.1, 0.15) is 25.7 Å². The number of rotatable bonds is 7. The van der Waals surface area contributed by atoms with Crippen molar-refractivity contribution in [3.05, 3.63) is 29.8 Å². The van der Waals surface area contributed by atoms with E-state index in [9.17, 15) is 18.4 Å². The maximum Gasteiger partial charge on any atom is 0.306 e. The van der Waals surface area contributed by atoms with Crippen molar-refractivity contribution < 1.29 is 28.2 Å². The lowest BCUT2D eigenvalue weighted by atomic mass is 9.80. The first-order valence-electron chi connectivity index (χ1n) is 7.05. The van der Waals surface area contributed by atoms with E-state index >= 15 is 0 Å². The number of hydrogen-bond donors (Lipinski definition) is 2. The number of carbonyl (C=O) groups is 2. The molecule has 1 aromatic rings. The van der Waals surface area contributed by atoms with Gasteiger partial charge in [-0.3, -0.25) is 9.59 Å². The fraction of sp³-hybridized carbons (Fsp3) is 0.467. The number of carboxylic acid groups (broad SMARTS) is 1. The van der Waals surface area contributed by atoms with E-state index in [1.54, 1.807) is 0 Å². The molecule has 0 heterocycles. The van der Waals surface area contributed by atoms with Crippen molar-refractivity contribution in [2.45, 2.75) is 31.7 Å². The molecular weight excluding hydrogens is 296 g/mol. The van der Waals surface area contributed by atoms with Crippen LogP contribution in [-0.2, 0) is 9.59 Å². The molecule has 0 aliphatic heterocycles. The molecule has 0 atom stereocenters. The normalized spacial score (nSPS) is 20.1. The molecule has 0 spiro atoms. The zero-order valence-corrected chi connectivity index (χ0v) is 11.9. The lowest BCUT2D eigenvalue weighted by Gasteiger charge is -2.32. The second kappa shape index (κ2) is 7.20. The van der Waals surface area contributed by atoms with E-state index in [1.165, 1.54) is 6.07 Å². The number of nitrogens with one attached hydrogen (secondary N) is 1. The van der Waals surface area contributed by atoms with Gasteiger partial charge in [0, 0.05) is 18.5 Å². The fourth-order valence-electron chi connectivity index (χ4n) is 2.24. The summed E-state index contributed by atoms with van der Waals surface area (Å²) < 4.78 is 31.1. The molecule has 0 bridgehead atoms. The molecule has 1 aliphatic rings. The topological polar surface area (TPSA) is 75.6 Å². The van der Waals surface area contributed by atoms with Crippen molar-refractivity contribution in [1.29, 1.82) is 0 Å². The van der Waals surface area contributed by atoms with Crippen molar-refractivity contribution in [2.24, 2.45) is 5.92 Å². The number of halogens is 2. The minimum atomic E-state index is -0.833. The van der Waals surface area contributed by atoms with Gasteiger partial charge in [-0.1, -0.05) is 0 Å². The predicted octanol–water partition coefficient (Wildman–Crippen LogP) is 2.10. The minimum Gasteiger partial charge on any atom is -0.491 e. The van der Waals surface area contributed by atoms with E-state index in [1.807, 2.05) is 0 Å². The highest BCUT2D eigenvalue weighted by molar-refractivity contribution is 5.77. The number of amides is 1. The van der Waals surface area contributed by atoms with E-state index in [0.29, 0.717) is 19.3 Å². The van der Waals surface area contributed by atoms with Gasteiger partial charge in [0.25, 0.3) is 0 Å². The van der Waals surface area contributed by atoms with Crippen molar-refractivity contribution in [2.75, 3.05) is 6.61 Å². The highest BCUT2D eigenvalue weighted by Crippen LogP contribution is 2.27. The zero-order valence-electron chi connectivity index (χ0n) is 11.9. The van der Waals surface area contributed by atoms with Crippen molar-refractivity contribution in [1.82, 2.24) is 5.32 Å². The first-order chi connectivity index (χ1) is 10.5. The molecule has 1 saturated carbocycles. The Balaban J connectivity index is 1.60. The summed E-state index contributed by atoms with van der Waals surface area (Å²) in [6, 6.07) is 2.95. The molecule has 1 amide bonds. The molecule has 0 aromatic heterocycles. The average molecular weight is 313 g/mol. The summed E-state index contributed by atoms with van der Waals surface area (Å²) in [5, 5.41) is 11.5. The standard InChI is InChI=1S/C15H17F2NO4/c16-10-3-4-13(12(17)8-10)22-5-1-2-14(19)18-11-6-9(7-11)15(20)21/h3-4,8-9,11H,1-2,5-7H2,(H,18,19)(H,20,21). The summed E-state index contributed by atoms with van der Waals surface area (Å²) in [5.41, 5.74) is 0. The smallest absolute Gasteiger partial charge is 0.306 e. The van der Waals surface area contributed by atoms with Gasteiger partial charge in [-0.25, -0.2) is 8.78 Å². The van der Waals surface area contributed by atoms with E-state index in [-0.39, 0.29) is 36.6 Å². The van der Waals surface area contributed by atoms with Gasteiger partial charge in [-0.2, -0.15) is 0 Å². The minimum absolute atomic E-state index is 0.0508. The molecule has 22 heavy (non-hydrogen) atoms. The Bertz CT molecular complexity index is 558. The van der Waals surface area contributed by atoms with Crippen LogP contribution >= 0.6 is 0 Å². The predicted molar refractivity (Wildman–Crippen MR) is 73.4 cm³/mol. The average Bonchev–Trinajstić information content (AvgIpc) is 2.40. The lowest BCUT2D eigenvalue weighted by Crippen LogP contribution is -2.46. The van der Waals surface area contributed by atoms with Crippen LogP contribution in [0.3, 0.4) is 0 Å². The Labute approximate surface area is 126 Å². The Morgan fingerprint density at radius 2 is 2.05 bits per heavy atom. The molecule has 1 aliphatic carbocycles. The first-order valence-corrected chi connectivity index (χ1v) is 7.05. The summed E-state index contributed by atoms with van der Waals surface area (Å²) in [6.45, 7) is 0.137. The Morgan fingerprint density at radius 3 is 2.68 bits per heavy atom. The number of aliphatic carboxylic acids is 1. The second-order valence-electron chi connectivity index (χ2n) is 5.30. The SMILES string of the molecule is O=C(CCCOc1ccc(F)cc1F)NC1CC(C(=O)O)C1. The Hall–Kier alpha value is -2.18. The van der Waals surface area contributed by atoms with Gasteiger partial charge in [0.1, 0.15) is 5.82 Å². The summed E-state index contributed by atoms with van der Waals surface area (Å²) in [4.78, 5) is 22.2. The summed E-state index contributed by atoms with van der Waals surface area (Å²) in [7, 11) is 0. The molecule has 5 nitrogen and oxygen atoms in total. The maximum absolute atomic E-state index is 13.3. The molecule has 2 N–H and O–H groups in total. The Morgan fingerprint density at radius 1 is 1.32 bits per heavy atom. The number of ether oxygens (including phenoxy) is 1. The van der Waals surface area contributed by atoms with Gasteiger partial charge in [0.15, 0.2) is 11.6 Å². The van der Waals surface area contributed by atoms with E-state index in [0.717, 1.165) is 12.1 Å². The number of carbonyl (C=O) groups excluding carboxylic acids is 1. The molecular formula is C15H17F2NO4. The van der Waals surface area contributed by atoms with Crippen molar-refractivity contribution in [3.8, 4) is 5.75 Å². The van der Waals surface area contributed by atoms with Crippen molar-refractivity contribution >= 4 is 11.9 Å². The second-order valence-corrected chi connectivity index (χ2v) is 5.30. The van der Waals surface area contributed by atoms with Crippen LogP contribution in [0.2, 0.25) is 0 Å². The van der Waals surface area contributed by atoms with Gasteiger partial charge in [0.2, 0.25) is 5.91 Å². The first kappa shape index (κ1) is 16.2. The summed E-state index contributed by atoms with van der Waals surface area (Å²) in [5.74, 6) is -2.89. The molecule has 120 valence electrons. The molecule has 1 fully saturated rings. The van der Waals surface area contributed by atoms with Gasteiger partial charge in [-0.15, -0.1) is 0 Å². The summed E-state index contributed by atoms with van der Waals surface area (Å²) in [6.07, 6.45) is 1.51. The highest BCUT2D eigenvalue weighted by atomic mass is 19.1. The maximum atomic E-state index is 13.3. The number of benzene rings is 1. The molecule has 2 rings (SSSR count). The molecule has 0 unspecified atom stereocenters. The van der Waals surface area contributed by atoms with Crippen LogP contribution < -0.4 is 10.1 Å². The van der Waals surface area contributed by atoms with Crippen LogP contribution in [0.4, 0.5) is 8.78 Å². The molecule has 7 heteroatoms. The molecule has 0 saturated heterocycles. The monoisotopic (exact) mass is 313 g/mol. The van der Waals surface area contributed by atoms with Crippen LogP contribution in [0.5, 0.6) is 5.75 Å². The largest absolute Gasteiger partial charge is 0.491 e. The molecule has 1 aromatic carbocycles.